The molecule has 0 aliphatic carbocycles. The summed E-state index contributed by atoms with van der Waals surface area (Å²) >= 11 is 6.91. The number of nitrogens with one attached hydrogen (secondary N) is 1. The first-order valence-electron chi connectivity index (χ1n) is 11.7. The number of hydrogen-bond donors (Lipinski definition) is 1. The lowest BCUT2D eigenvalue weighted by Crippen LogP contribution is -2.51. The largest absolute Gasteiger partial charge is 0.484 e. The molecule has 5 nitrogen and oxygen atoms in total. The average molecular weight is 602 g/mol. The van der Waals surface area contributed by atoms with Gasteiger partial charge in [-0.25, -0.2) is 0 Å². The standard InChI is InChI=1S/C28H30Br2N2O3/c1-2-3-16-31-28(34)26(18-21-8-5-4-6-9-21)32(19-22-10-7-11-24(30)17-22)27(33)20-35-25-14-12-23(29)13-15-25/h4-15,17,26H,2-3,16,18-20H2,1H3,(H,31,34). The molecule has 7 heteroatoms. The molecule has 2 amide bonds. The van der Waals surface area contributed by atoms with Crippen molar-refractivity contribution in [3.8, 4) is 5.75 Å². The summed E-state index contributed by atoms with van der Waals surface area (Å²) in [6.45, 7) is 2.79. The summed E-state index contributed by atoms with van der Waals surface area (Å²) in [7, 11) is 0. The predicted octanol–water partition coefficient (Wildman–Crippen LogP) is 6.15. The lowest BCUT2D eigenvalue weighted by Gasteiger charge is -2.31. The normalized spacial score (nSPS) is 11.5. The molecule has 1 atom stereocenters. The van der Waals surface area contributed by atoms with Gasteiger partial charge in [0.25, 0.3) is 5.91 Å². The zero-order chi connectivity index (χ0) is 25.0. The summed E-state index contributed by atoms with van der Waals surface area (Å²) in [6, 6.07) is 24.2. The number of unbranched alkanes of at least 4 members (excludes halogenated alkanes) is 1. The quantitative estimate of drug-likeness (QED) is 0.253. The Morgan fingerprint density at radius 1 is 0.914 bits per heavy atom. The van der Waals surface area contributed by atoms with Gasteiger partial charge in [-0.3, -0.25) is 9.59 Å². The fourth-order valence-corrected chi connectivity index (χ4v) is 4.36. The molecule has 0 aliphatic heterocycles. The van der Waals surface area contributed by atoms with E-state index in [1.54, 1.807) is 17.0 Å². The monoisotopic (exact) mass is 600 g/mol. The van der Waals surface area contributed by atoms with Crippen molar-refractivity contribution in [1.29, 1.82) is 0 Å². The third-order valence-corrected chi connectivity index (χ3v) is 6.54. The molecule has 184 valence electrons. The SMILES string of the molecule is CCCCNC(=O)C(Cc1ccccc1)N(Cc1cccc(Br)c1)C(=O)COc1ccc(Br)cc1. The Kier molecular flexibility index (Phi) is 10.8. The highest BCUT2D eigenvalue weighted by atomic mass is 79.9. The first-order valence-corrected chi connectivity index (χ1v) is 13.3. The van der Waals surface area contributed by atoms with E-state index in [9.17, 15) is 9.59 Å². The maximum atomic E-state index is 13.5. The second-order valence-corrected chi connectivity index (χ2v) is 10.1. The maximum Gasteiger partial charge on any atom is 0.261 e. The van der Waals surface area contributed by atoms with E-state index in [0.29, 0.717) is 25.3 Å². The summed E-state index contributed by atoms with van der Waals surface area (Å²) in [5.74, 6) is 0.185. The molecule has 3 rings (SSSR count). The summed E-state index contributed by atoms with van der Waals surface area (Å²) in [5, 5.41) is 3.03. The van der Waals surface area contributed by atoms with Gasteiger partial charge >= 0.3 is 0 Å². The van der Waals surface area contributed by atoms with Crippen molar-refractivity contribution in [2.45, 2.75) is 38.8 Å². The van der Waals surface area contributed by atoms with Crippen LogP contribution in [-0.4, -0.2) is 35.9 Å². The van der Waals surface area contributed by atoms with Crippen LogP contribution < -0.4 is 10.1 Å². The minimum atomic E-state index is -0.672. The number of carbonyl (C=O) groups is 2. The number of benzene rings is 3. The molecule has 35 heavy (non-hydrogen) atoms. The van der Waals surface area contributed by atoms with Crippen molar-refractivity contribution in [3.63, 3.8) is 0 Å². The van der Waals surface area contributed by atoms with Gasteiger partial charge in [-0.15, -0.1) is 0 Å². The number of nitrogens with zero attached hydrogens (tertiary/aromatic N) is 1. The van der Waals surface area contributed by atoms with E-state index in [2.05, 4.69) is 44.1 Å². The molecule has 0 saturated carbocycles. The summed E-state index contributed by atoms with van der Waals surface area (Å²) < 4.78 is 7.64. The highest BCUT2D eigenvalue weighted by molar-refractivity contribution is 9.10. The Morgan fingerprint density at radius 2 is 1.63 bits per heavy atom. The molecule has 0 aliphatic rings. The van der Waals surface area contributed by atoms with Crippen molar-refractivity contribution in [2.75, 3.05) is 13.2 Å². The van der Waals surface area contributed by atoms with Crippen LogP contribution in [0.4, 0.5) is 0 Å². The molecule has 0 radical (unpaired) electrons. The minimum absolute atomic E-state index is 0.158. The van der Waals surface area contributed by atoms with E-state index in [1.807, 2.05) is 66.7 Å². The van der Waals surface area contributed by atoms with Crippen molar-refractivity contribution >= 4 is 43.7 Å². The van der Waals surface area contributed by atoms with Gasteiger partial charge in [0.1, 0.15) is 11.8 Å². The van der Waals surface area contributed by atoms with E-state index in [4.69, 9.17) is 4.74 Å². The average Bonchev–Trinajstić information content (AvgIpc) is 2.86. The molecule has 0 spiro atoms. The van der Waals surface area contributed by atoms with Crippen LogP contribution in [0.2, 0.25) is 0 Å². The van der Waals surface area contributed by atoms with Crippen LogP contribution in [-0.2, 0) is 22.6 Å². The van der Waals surface area contributed by atoms with Gasteiger partial charge in [-0.1, -0.05) is 87.7 Å². The third kappa shape index (κ3) is 8.82. The number of carbonyl (C=O) groups excluding carboxylic acids is 2. The molecule has 3 aromatic carbocycles. The number of halogens is 2. The molecule has 0 fully saturated rings. The van der Waals surface area contributed by atoms with E-state index >= 15 is 0 Å². The highest BCUT2D eigenvalue weighted by Crippen LogP contribution is 2.19. The van der Waals surface area contributed by atoms with E-state index in [1.165, 1.54) is 0 Å². The van der Waals surface area contributed by atoms with Crippen molar-refractivity contribution in [2.24, 2.45) is 0 Å². The Balaban J connectivity index is 1.87. The first kappa shape index (κ1) is 27.0. The Labute approximate surface area is 224 Å². The van der Waals surface area contributed by atoms with Crippen molar-refractivity contribution < 1.29 is 14.3 Å². The van der Waals surface area contributed by atoms with Gasteiger partial charge < -0.3 is 15.0 Å². The first-order chi connectivity index (χ1) is 17.0. The molecule has 0 saturated heterocycles. The lowest BCUT2D eigenvalue weighted by molar-refractivity contribution is -0.142. The van der Waals surface area contributed by atoms with Gasteiger partial charge in [-0.2, -0.15) is 0 Å². The topological polar surface area (TPSA) is 58.6 Å². The second-order valence-electron chi connectivity index (χ2n) is 8.24. The lowest BCUT2D eigenvalue weighted by atomic mass is 10.0. The van der Waals surface area contributed by atoms with Crippen molar-refractivity contribution in [1.82, 2.24) is 10.2 Å². The minimum Gasteiger partial charge on any atom is -0.484 e. The highest BCUT2D eigenvalue weighted by Gasteiger charge is 2.30. The summed E-state index contributed by atoms with van der Waals surface area (Å²) in [4.78, 5) is 28.5. The van der Waals surface area contributed by atoms with Crippen LogP contribution in [0.15, 0.2) is 87.8 Å². The molecular formula is C28H30Br2N2O3. The molecular weight excluding hydrogens is 572 g/mol. The molecule has 0 bridgehead atoms. The fourth-order valence-electron chi connectivity index (χ4n) is 3.65. The Morgan fingerprint density at radius 3 is 2.31 bits per heavy atom. The van der Waals surface area contributed by atoms with Crippen LogP contribution in [0.5, 0.6) is 5.75 Å². The predicted molar refractivity (Wildman–Crippen MR) is 146 cm³/mol. The number of hydrogen-bond acceptors (Lipinski definition) is 3. The van der Waals surface area contributed by atoms with Crippen LogP contribution in [0.25, 0.3) is 0 Å². The molecule has 1 N–H and O–H groups in total. The van der Waals surface area contributed by atoms with Gasteiger partial charge in [0.05, 0.1) is 0 Å². The Hall–Kier alpha value is -2.64. The Bertz CT molecular complexity index is 1090. The summed E-state index contributed by atoms with van der Waals surface area (Å²) in [5.41, 5.74) is 1.92. The van der Waals surface area contributed by atoms with Gasteiger partial charge in [0, 0.05) is 28.5 Å². The van der Waals surface area contributed by atoms with Gasteiger partial charge in [-0.05, 0) is 53.9 Å². The van der Waals surface area contributed by atoms with Crippen LogP contribution in [0.3, 0.4) is 0 Å². The fraction of sp³-hybridized carbons (Fsp3) is 0.286. The third-order valence-electron chi connectivity index (χ3n) is 5.52. The van der Waals surface area contributed by atoms with Gasteiger partial charge in [0.15, 0.2) is 6.61 Å². The van der Waals surface area contributed by atoms with E-state index in [0.717, 1.165) is 32.9 Å². The number of amides is 2. The molecule has 0 heterocycles. The van der Waals surface area contributed by atoms with Gasteiger partial charge in [0.2, 0.25) is 5.91 Å². The molecule has 3 aromatic rings. The van der Waals surface area contributed by atoms with Crippen LogP contribution >= 0.6 is 31.9 Å². The zero-order valence-electron chi connectivity index (χ0n) is 19.8. The zero-order valence-corrected chi connectivity index (χ0v) is 22.9. The van der Waals surface area contributed by atoms with E-state index in [-0.39, 0.29) is 18.4 Å². The molecule has 0 aromatic heterocycles. The molecule has 1 unspecified atom stereocenters. The van der Waals surface area contributed by atoms with Crippen molar-refractivity contribution in [3.05, 3.63) is 98.9 Å². The number of rotatable bonds is 12. The summed E-state index contributed by atoms with van der Waals surface area (Å²) in [6.07, 6.45) is 2.28. The smallest absolute Gasteiger partial charge is 0.261 e. The van der Waals surface area contributed by atoms with Crippen LogP contribution in [0.1, 0.15) is 30.9 Å². The van der Waals surface area contributed by atoms with Crippen LogP contribution in [0, 0.1) is 0 Å². The second kappa shape index (κ2) is 14.0. The number of ether oxygens (including phenoxy) is 1. The maximum absolute atomic E-state index is 13.5. The van der Waals surface area contributed by atoms with E-state index < -0.39 is 6.04 Å².